The Balaban J connectivity index is 1.79. The number of likely N-dealkylation sites (tertiary alicyclic amines) is 2. The lowest BCUT2D eigenvalue weighted by atomic mass is 10.0. The average Bonchev–Trinajstić information content (AvgIpc) is 2.91. The van der Waals surface area contributed by atoms with E-state index in [-0.39, 0.29) is 18.4 Å². The number of imide groups is 1. The maximum Gasteiger partial charge on any atom is 0.230 e. The number of rotatable bonds is 3. The Morgan fingerprint density at radius 1 is 1.28 bits per heavy atom. The number of amides is 2. The van der Waals surface area contributed by atoms with E-state index in [4.69, 9.17) is 0 Å². The molecule has 0 N–H and O–H groups in total. The van der Waals surface area contributed by atoms with Gasteiger partial charge < -0.3 is 4.90 Å². The summed E-state index contributed by atoms with van der Waals surface area (Å²) in [6.45, 7) is 4.51. The minimum absolute atomic E-state index is 0.0837. The van der Waals surface area contributed by atoms with E-state index in [2.05, 4.69) is 23.8 Å². The quantitative estimate of drug-likeness (QED) is 0.557. The molecule has 2 fully saturated rings. The van der Waals surface area contributed by atoms with Crippen LogP contribution in [-0.4, -0.2) is 41.2 Å². The Morgan fingerprint density at radius 2 is 2.00 bits per heavy atom. The first-order valence-electron chi connectivity index (χ1n) is 6.77. The van der Waals surface area contributed by atoms with Crippen molar-refractivity contribution in [2.24, 2.45) is 5.92 Å². The van der Waals surface area contributed by atoms with Crippen molar-refractivity contribution in [3.8, 4) is 12.0 Å². The molecule has 2 aliphatic rings. The van der Waals surface area contributed by atoms with Gasteiger partial charge in [-0.2, -0.15) is 0 Å². The molecule has 2 saturated heterocycles. The third-order valence-corrected chi connectivity index (χ3v) is 3.61. The topological polar surface area (TPSA) is 40.6 Å². The molecule has 0 aliphatic carbocycles. The highest BCUT2D eigenvalue weighted by atomic mass is 16.2. The Labute approximate surface area is 108 Å². The van der Waals surface area contributed by atoms with Crippen LogP contribution in [0.4, 0.5) is 0 Å². The highest BCUT2D eigenvalue weighted by Crippen LogP contribution is 2.19. The van der Waals surface area contributed by atoms with Crippen molar-refractivity contribution in [3.63, 3.8) is 0 Å². The van der Waals surface area contributed by atoms with Gasteiger partial charge in [-0.1, -0.05) is 19.3 Å². The fraction of sp³-hybridized carbons (Fsp3) is 0.714. The van der Waals surface area contributed by atoms with Gasteiger partial charge in [0.1, 0.15) is 0 Å². The molecule has 2 aliphatic heterocycles. The zero-order valence-corrected chi connectivity index (χ0v) is 10.9. The van der Waals surface area contributed by atoms with Crippen LogP contribution in [0.2, 0.25) is 0 Å². The van der Waals surface area contributed by atoms with Gasteiger partial charge in [-0.3, -0.25) is 14.5 Å². The van der Waals surface area contributed by atoms with Gasteiger partial charge in [-0.05, 0) is 18.8 Å². The molecule has 2 heterocycles. The lowest BCUT2D eigenvalue weighted by molar-refractivity contribution is -0.137. The molecule has 0 aromatic carbocycles. The van der Waals surface area contributed by atoms with Crippen LogP contribution >= 0.6 is 0 Å². The molecule has 2 rings (SSSR count). The molecular weight excluding hydrogens is 228 g/mol. The van der Waals surface area contributed by atoms with Crippen molar-refractivity contribution in [3.05, 3.63) is 0 Å². The van der Waals surface area contributed by atoms with E-state index in [0.717, 1.165) is 19.0 Å². The minimum Gasteiger partial charge on any atom is -0.332 e. The summed E-state index contributed by atoms with van der Waals surface area (Å²) in [7, 11) is 0. The fourth-order valence-electron chi connectivity index (χ4n) is 2.60. The van der Waals surface area contributed by atoms with Crippen LogP contribution in [-0.2, 0) is 9.59 Å². The molecule has 98 valence electrons. The summed E-state index contributed by atoms with van der Waals surface area (Å²) in [5.74, 6) is 3.55. The largest absolute Gasteiger partial charge is 0.332 e. The van der Waals surface area contributed by atoms with Crippen LogP contribution in [0.5, 0.6) is 0 Å². The SMILES string of the molecule is CCC[C@@H]1CCN(C#CCN2C(=O)CCC2=O)C1. The Kier molecular flexibility index (Phi) is 4.24. The average molecular weight is 248 g/mol. The van der Waals surface area contributed by atoms with Crippen LogP contribution in [0.25, 0.3) is 0 Å². The summed E-state index contributed by atoms with van der Waals surface area (Å²) in [5, 5.41) is 0. The van der Waals surface area contributed by atoms with Gasteiger partial charge in [0.05, 0.1) is 6.54 Å². The third-order valence-electron chi connectivity index (χ3n) is 3.61. The molecule has 4 heteroatoms. The lowest BCUT2D eigenvalue weighted by Gasteiger charge is -2.11. The van der Waals surface area contributed by atoms with Crippen molar-refractivity contribution in [1.82, 2.24) is 9.80 Å². The first-order chi connectivity index (χ1) is 8.70. The predicted molar refractivity (Wildman–Crippen MR) is 68.3 cm³/mol. The molecule has 0 radical (unpaired) electrons. The van der Waals surface area contributed by atoms with Crippen LogP contribution in [0.3, 0.4) is 0 Å². The van der Waals surface area contributed by atoms with Gasteiger partial charge in [-0.15, -0.1) is 0 Å². The molecule has 0 spiro atoms. The Bertz CT molecular complexity index is 378. The second-order valence-corrected chi connectivity index (χ2v) is 5.05. The molecule has 0 aromatic heterocycles. The summed E-state index contributed by atoms with van der Waals surface area (Å²) in [5.41, 5.74) is 0. The third kappa shape index (κ3) is 3.04. The van der Waals surface area contributed by atoms with E-state index in [0.29, 0.717) is 12.8 Å². The predicted octanol–water partition coefficient (Wildman–Crippen LogP) is 1.22. The van der Waals surface area contributed by atoms with Gasteiger partial charge in [-0.25, -0.2) is 0 Å². The van der Waals surface area contributed by atoms with Crippen LogP contribution < -0.4 is 0 Å². The van der Waals surface area contributed by atoms with Crippen LogP contribution in [0, 0.1) is 17.9 Å². The van der Waals surface area contributed by atoms with Gasteiger partial charge in [0.2, 0.25) is 11.8 Å². The summed E-state index contributed by atoms with van der Waals surface area (Å²) < 4.78 is 0. The van der Waals surface area contributed by atoms with Crippen molar-refractivity contribution in [2.75, 3.05) is 19.6 Å². The second kappa shape index (κ2) is 5.90. The normalized spacial score (nSPS) is 23.5. The molecular formula is C14H20N2O2. The monoisotopic (exact) mass is 248 g/mol. The van der Waals surface area contributed by atoms with E-state index in [1.165, 1.54) is 24.2 Å². The van der Waals surface area contributed by atoms with Crippen molar-refractivity contribution in [2.45, 2.75) is 39.0 Å². The van der Waals surface area contributed by atoms with Crippen molar-refractivity contribution >= 4 is 11.8 Å². The van der Waals surface area contributed by atoms with E-state index in [9.17, 15) is 9.59 Å². The second-order valence-electron chi connectivity index (χ2n) is 5.05. The maximum atomic E-state index is 11.4. The van der Waals surface area contributed by atoms with Gasteiger partial charge in [0, 0.05) is 32.0 Å². The minimum atomic E-state index is -0.0837. The number of carbonyl (C=O) groups excluding carboxylic acids is 2. The van der Waals surface area contributed by atoms with Gasteiger partial charge in [0.15, 0.2) is 0 Å². The first kappa shape index (κ1) is 12.9. The summed E-state index contributed by atoms with van der Waals surface area (Å²) in [6.07, 6.45) is 4.40. The standard InChI is InChI=1S/C14H20N2O2/c1-2-4-12-7-10-15(11-12)8-3-9-16-13(17)5-6-14(16)18/h12H,2,4-7,9-11H2,1H3/t12-/m1/s1. The first-order valence-corrected chi connectivity index (χ1v) is 6.77. The van der Waals surface area contributed by atoms with Crippen LogP contribution in [0.15, 0.2) is 0 Å². The van der Waals surface area contributed by atoms with Gasteiger partial charge in [0.25, 0.3) is 0 Å². The summed E-state index contributed by atoms with van der Waals surface area (Å²) in [4.78, 5) is 26.1. The maximum absolute atomic E-state index is 11.4. The number of carbonyl (C=O) groups is 2. The van der Waals surface area contributed by atoms with Crippen LogP contribution in [0.1, 0.15) is 39.0 Å². The summed E-state index contributed by atoms with van der Waals surface area (Å²) >= 11 is 0. The van der Waals surface area contributed by atoms with E-state index in [1.807, 2.05) is 0 Å². The molecule has 0 saturated carbocycles. The van der Waals surface area contributed by atoms with Crippen molar-refractivity contribution < 1.29 is 9.59 Å². The van der Waals surface area contributed by atoms with E-state index in [1.54, 1.807) is 0 Å². The zero-order valence-electron chi connectivity index (χ0n) is 10.9. The van der Waals surface area contributed by atoms with E-state index < -0.39 is 0 Å². The zero-order chi connectivity index (χ0) is 13.0. The molecule has 0 bridgehead atoms. The lowest BCUT2D eigenvalue weighted by Crippen LogP contribution is -2.29. The highest BCUT2D eigenvalue weighted by Gasteiger charge is 2.27. The molecule has 0 unspecified atom stereocenters. The van der Waals surface area contributed by atoms with E-state index >= 15 is 0 Å². The molecule has 4 nitrogen and oxygen atoms in total. The number of hydrogen-bond acceptors (Lipinski definition) is 3. The van der Waals surface area contributed by atoms with Crippen molar-refractivity contribution in [1.29, 1.82) is 0 Å². The number of hydrogen-bond donors (Lipinski definition) is 0. The Morgan fingerprint density at radius 3 is 2.67 bits per heavy atom. The molecule has 2 amide bonds. The Hall–Kier alpha value is -1.50. The molecule has 0 aromatic rings. The molecule has 1 atom stereocenters. The number of nitrogens with zero attached hydrogens (tertiary/aromatic N) is 2. The smallest absolute Gasteiger partial charge is 0.230 e. The highest BCUT2D eigenvalue weighted by molar-refractivity contribution is 6.02. The summed E-state index contributed by atoms with van der Waals surface area (Å²) in [6, 6.07) is 3.08. The molecule has 18 heavy (non-hydrogen) atoms. The van der Waals surface area contributed by atoms with Gasteiger partial charge >= 0.3 is 0 Å². The fourth-order valence-corrected chi connectivity index (χ4v) is 2.60.